The number of carbonyl (C=O) groups is 1. The van der Waals surface area contributed by atoms with E-state index in [1.165, 1.54) is 0 Å². The summed E-state index contributed by atoms with van der Waals surface area (Å²) in [5, 5.41) is 10.2. The van der Waals surface area contributed by atoms with Crippen molar-refractivity contribution in [3.8, 4) is 0 Å². The van der Waals surface area contributed by atoms with E-state index in [0.29, 0.717) is 24.4 Å². The van der Waals surface area contributed by atoms with Gasteiger partial charge < -0.3 is 14.4 Å². The van der Waals surface area contributed by atoms with Gasteiger partial charge in [0.15, 0.2) is 0 Å². The minimum Gasteiger partial charge on any atom is -0.466 e. The van der Waals surface area contributed by atoms with Gasteiger partial charge in [-0.25, -0.2) is 0 Å². The molecule has 2 heterocycles. The summed E-state index contributed by atoms with van der Waals surface area (Å²) < 4.78 is 5.47. The molecule has 1 aliphatic heterocycles. The Balaban J connectivity index is 2.16. The fourth-order valence-corrected chi connectivity index (χ4v) is 2.39. The second kappa shape index (κ2) is 4.12. The number of aliphatic hydroxyl groups is 1. The summed E-state index contributed by atoms with van der Waals surface area (Å²) in [6, 6.07) is 0. The van der Waals surface area contributed by atoms with Crippen molar-refractivity contribution in [3.63, 3.8) is 0 Å². The lowest BCUT2D eigenvalue weighted by Crippen LogP contribution is -2.66. The molecule has 0 saturated carbocycles. The third-order valence-electron chi connectivity index (χ3n) is 4.07. The van der Waals surface area contributed by atoms with Crippen molar-refractivity contribution in [1.29, 1.82) is 0 Å². The average molecular weight is 251 g/mol. The molecule has 1 fully saturated rings. The molecule has 1 aromatic rings. The van der Waals surface area contributed by atoms with Crippen molar-refractivity contribution in [2.75, 3.05) is 13.1 Å². The first kappa shape index (κ1) is 13.1. The number of aryl methyl sites for hydroxylation is 2. The molecule has 1 amide bonds. The second-order valence-electron chi connectivity index (χ2n) is 5.63. The molecule has 1 N–H and O–H groups in total. The van der Waals surface area contributed by atoms with Gasteiger partial charge in [-0.3, -0.25) is 4.79 Å². The minimum absolute atomic E-state index is 0.0350. The van der Waals surface area contributed by atoms with Gasteiger partial charge in [-0.05, 0) is 26.7 Å². The number of carbonyl (C=O) groups excluding carboxylic acids is 1. The number of nitrogens with zero attached hydrogens (tertiary/aromatic N) is 1. The van der Waals surface area contributed by atoms with E-state index < -0.39 is 5.60 Å². The van der Waals surface area contributed by atoms with Crippen LogP contribution in [-0.2, 0) is 0 Å². The topological polar surface area (TPSA) is 53.7 Å². The molecule has 4 nitrogen and oxygen atoms in total. The smallest absolute Gasteiger partial charge is 0.257 e. The van der Waals surface area contributed by atoms with E-state index in [1.54, 1.807) is 4.90 Å². The van der Waals surface area contributed by atoms with E-state index in [1.807, 2.05) is 34.6 Å². The first-order valence-electron chi connectivity index (χ1n) is 6.34. The van der Waals surface area contributed by atoms with Crippen molar-refractivity contribution in [1.82, 2.24) is 4.90 Å². The predicted molar refractivity (Wildman–Crippen MR) is 68.6 cm³/mol. The van der Waals surface area contributed by atoms with Crippen LogP contribution in [0, 0.1) is 26.7 Å². The summed E-state index contributed by atoms with van der Waals surface area (Å²) >= 11 is 0. The largest absolute Gasteiger partial charge is 0.466 e. The zero-order valence-corrected chi connectivity index (χ0v) is 11.7. The summed E-state index contributed by atoms with van der Waals surface area (Å²) in [7, 11) is 0. The molecule has 0 unspecified atom stereocenters. The number of β-amino-alcohol motifs (C(OH)–C–C–N with tert-alkyl or cyclic N) is 1. The highest BCUT2D eigenvalue weighted by molar-refractivity contribution is 5.97. The van der Waals surface area contributed by atoms with Crippen molar-refractivity contribution in [2.24, 2.45) is 5.92 Å². The molecule has 0 aromatic carbocycles. The molecule has 0 aliphatic carbocycles. The quantitative estimate of drug-likeness (QED) is 0.875. The molecule has 1 aliphatic rings. The molecule has 0 spiro atoms. The lowest BCUT2D eigenvalue weighted by molar-refractivity contribution is -0.110. The zero-order valence-electron chi connectivity index (χ0n) is 11.7. The van der Waals surface area contributed by atoms with Crippen LogP contribution in [0.1, 0.15) is 41.3 Å². The zero-order chi connectivity index (χ0) is 13.7. The highest BCUT2D eigenvalue weighted by Gasteiger charge is 2.46. The molecule has 1 aromatic heterocycles. The highest BCUT2D eigenvalue weighted by atomic mass is 16.3. The van der Waals surface area contributed by atoms with E-state index in [0.717, 1.165) is 11.3 Å². The maximum Gasteiger partial charge on any atom is 0.257 e. The van der Waals surface area contributed by atoms with Crippen molar-refractivity contribution < 1.29 is 14.3 Å². The fourth-order valence-electron chi connectivity index (χ4n) is 2.39. The maximum atomic E-state index is 12.3. The summed E-state index contributed by atoms with van der Waals surface area (Å²) in [5.74, 6) is 1.58. The summed E-state index contributed by atoms with van der Waals surface area (Å²) in [5.41, 5.74) is 0.826. The molecular formula is C14H21NO3. The van der Waals surface area contributed by atoms with Crippen LogP contribution < -0.4 is 0 Å². The van der Waals surface area contributed by atoms with Gasteiger partial charge in [-0.2, -0.15) is 0 Å². The molecule has 0 atom stereocenters. The van der Waals surface area contributed by atoms with Crippen molar-refractivity contribution >= 4 is 5.91 Å². The number of furan rings is 1. The Kier molecular flexibility index (Phi) is 3.01. The van der Waals surface area contributed by atoms with E-state index in [-0.39, 0.29) is 11.8 Å². The van der Waals surface area contributed by atoms with E-state index >= 15 is 0 Å². The number of rotatable bonds is 2. The van der Waals surface area contributed by atoms with Gasteiger partial charge in [0.25, 0.3) is 5.91 Å². The van der Waals surface area contributed by atoms with Gasteiger partial charge >= 0.3 is 0 Å². The Hall–Kier alpha value is -1.29. The van der Waals surface area contributed by atoms with Crippen LogP contribution in [0.2, 0.25) is 0 Å². The van der Waals surface area contributed by atoms with Gasteiger partial charge in [0.1, 0.15) is 17.1 Å². The van der Waals surface area contributed by atoms with Crippen LogP contribution in [0.15, 0.2) is 4.42 Å². The Labute approximate surface area is 108 Å². The van der Waals surface area contributed by atoms with Crippen LogP contribution in [-0.4, -0.2) is 34.6 Å². The van der Waals surface area contributed by atoms with E-state index in [9.17, 15) is 9.90 Å². The van der Waals surface area contributed by atoms with Crippen molar-refractivity contribution in [2.45, 2.75) is 40.2 Å². The minimum atomic E-state index is -0.726. The molecule has 4 heteroatoms. The lowest BCUT2D eigenvalue weighted by atomic mass is 9.82. The third kappa shape index (κ3) is 1.85. The SMILES string of the molecule is Cc1oc(C)c(C(=O)N2CC(O)(C(C)C)C2)c1C. The van der Waals surface area contributed by atoms with Gasteiger partial charge in [0.05, 0.1) is 18.7 Å². The van der Waals surface area contributed by atoms with E-state index in [4.69, 9.17) is 4.42 Å². The normalized spacial score (nSPS) is 18.1. The van der Waals surface area contributed by atoms with Crippen LogP contribution in [0.3, 0.4) is 0 Å². The molecule has 1 saturated heterocycles. The fraction of sp³-hybridized carbons (Fsp3) is 0.643. The predicted octanol–water partition coefficient (Wildman–Crippen LogP) is 2.05. The van der Waals surface area contributed by atoms with Crippen LogP contribution in [0.4, 0.5) is 0 Å². The summed E-state index contributed by atoms with van der Waals surface area (Å²) in [4.78, 5) is 14.0. The lowest BCUT2D eigenvalue weighted by Gasteiger charge is -2.49. The molecule has 100 valence electrons. The van der Waals surface area contributed by atoms with Gasteiger partial charge in [0, 0.05) is 5.56 Å². The average Bonchev–Trinajstić information content (AvgIpc) is 2.47. The monoisotopic (exact) mass is 251 g/mol. The molecule has 2 rings (SSSR count). The van der Waals surface area contributed by atoms with Gasteiger partial charge in [0.2, 0.25) is 0 Å². The molecule has 0 bridgehead atoms. The molecule has 18 heavy (non-hydrogen) atoms. The first-order chi connectivity index (χ1) is 8.26. The Morgan fingerprint density at radius 3 is 2.22 bits per heavy atom. The first-order valence-corrected chi connectivity index (χ1v) is 6.34. The highest BCUT2D eigenvalue weighted by Crippen LogP contribution is 2.31. The van der Waals surface area contributed by atoms with Gasteiger partial charge in [-0.1, -0.05) is 13.8 Å². The maximum absolute atomic E-state index is 12.3. The standard InChI is InChI=1S/C14H21NO3/c1-8(2)14(17)6-15(7-14)13(16)12-9(3)10(4)18-11(12)5/h8,17H,6-7H2,1-5H3. The molecule has 0 radical (unpaired) electrons. The Morgan fingerprint density at radius 2 is 1.83 bits per heavy atom. The Bertz CT molecular complexity index is 481. The third-order valence-corrected chi connectivity index (χ3v) is 4.07. The van der Waals surface area contributed by atoms with Crippen LogP contribution in [0.5, 0.6) is 0 Å². The second-order valence-corrected chi connectivity index (χ2v) is 5.63. The van der Waals surface area contributed by atoms with Crippen LogP contribution >= 0.6 is 0 Å². The van der Waals surface area contributed by atoms with Crippen LogP contribution in [0.25, 0.3) is 0 Å². The number of hydrogen-bond donors (Lipinski definition) is 1. The number of likely N-dealkylation sites (tertiary alicyclic amines) is 1. The Morgan fingerprint density at radius 1 is 1.28 bits per heavy atom. The number of hydrogen-bond acceptors (Lipinski definition) is 3. The van der Waals surface area contributed by atoms with E-state index in [2.05, 4.69) is 0 Å². The molecular weight excluding hydrogens is 230 g/mol. The summed E-state index contributed by atoms with van der Waals surface area (Å²) in [6.45, 7) is 10.3. The van der Waals surface area contributed by atoms with Crippen molar-refractivity contribution in [3.05, 3.63) is 22.6 Å². The number of amides is 1. The summed E-state index contributed by atoms with van der Waals surface area (Å²) in [6.07, 6.45) is 0. The van der Waals surface area contributed by atoms with Gasteiger partial charge in [-0.15, -0.1) is 0 Å².